The van der Waals surface area contributed by atoms with Gasteiger partial charge in [-0.25, -0.2) is 5.10 Å². The van der Waals surface area contributed by atoms with Crippen LogP contribution in [0.5, 0.6) is 17.2 Å². The van der Waals surface area contributed by atoms with E-state index in [4.69, 9.17) is 9.47 Å². The number of amides is 1. The molecule has 27 heavy (non-hydrogen) atoms. The Kier molecular flexibility index (Phi) is 5.63. The van der Waals surface area contributed by atoms with Crippen molar-refractivity contribution >= 4 is 17.7 Å². The number of aromatic amines is 1. The Morgan fingerprint density at radius 3 is 2.93 bits per heavy atom. The third kappa shape index (κ3) is 5.05. The highest BCUT2D eigenvalue weighted by Gasteiger charge is 2.04. The standard InChI is InChI=1S/C18H17N5O4/c1-26-16-7-5-12(9-15(16)24)6-8-18(25)19-13-3-2-4-14(10-13)27-11-17-20-22-23-21-17/h2-10,24H,11H2,1H3,(H,19,25)(H,20,21,22,23). The molecule has 0 saturated heterocycles. The number of nitrogens with zero attached hydrogens (tertiary/aromatic N) is 3. The van der Waals surface area contributed by atoms with Crippen LogP contribution >= 0.6 is 0 Å². The van der Waals surface area contributed by atoms with Gasteiger partial charge in [0.05, 0.1) is 7.11 Å². The van der Waals surface area contributed by atoms with Crippen LogP contribution in [0.2, 0.25) is 0 Å². The summed E-state index contributed by atoms with van der Waals surface area (Å²) in [5.74, 6) is 1.12. The summed E-state index contributed by atoms with van der Waals surface area (Å²) in [6.45, 7) is 0.186. The Morgan fingerprint density at radius 2 is 2.19 bits per heavy atom. The number of aromatic nitrogens is 4. The van der Waals surface area contributed by atoms with Gasteiger partial charge in [-0.15, -0.1) is 5.10 Å². The number of rotatable bonds is 7. The average Bonchev–Trinajstić information content (AvgIpc) is 3.19. The zero-order valence-corrected chi connectivity index (χ0v) is 14.4. The van der Waals surface area contributed by atoms with Crippen LogP contribution in [-0.2, 0) is 11.4 Å². The molecule has 2 aromatic carbocycles. The van der Waals surface area contributed by atoms with Crippen molar-refractivity contribution < 1.29 is 19.4 Å². The number of hydrogen-bond donors (Lipinski definition) is 3. The van der Waals surface area contributed by atoms with Crippen LogP contribution < -0.4 is 14.8 Å². The number of carbonyl (C=O) groups excluding carboxylic acids is 1. The maximum absolute atomic E-state index is 12.1. The molecule has 1 aromatic heterocycles. The second kappa shape index (κ2) is 8.48. The van der Waals surface area contributed by atoms with E-state index in [1.54, 1.807) is 42.5 Å². The lowest BCUT2D eigenvalue weighted by Gasteiger charge is -2.07. The molecule has 9 nitrogen and oxygen atoms in total. The van der Waals surface area contributed by atoms with Gasteiger partial charge in [-0.2, -0.15) is 0 Å². The van der Waals surface area contributed by atoms with Crippen molar-refractivity contribution in [2.45, 2.75) is 6.61 Å². The van der Waals surface area contributed by atoms with E-state index < -0.39 is 0 Å². The average molecular weight is 367 g/mol. The lowest BCUT2D eigenvalue weighted by Crippen LogP contribution is -2.08. The molecule has 0 aliphatic carbocycles. The number of aromatic hydroxyl groups is 1. The van der Waals surface area contributed by atoms with Crippen molar-refractivity contribution in [1.82, 2.24) is 20.6 Å². The second-order valence-electron chi connectivity index (χ2n) is 5.42. The molecule has 3 aromatic rings. The normalized spacial score (nSPS) is 10.7. The van der Waals surface area contributed by atoms with Gasteiger partial charge < -0.3 is 19.9 Å². The maximum atomic E-state index is 12.1. The quantitative estimate of drug-likeness (QED) is 0.547. The van der Waals surface area contributed by atoms with Gasteiger partial charge in [-0.1, -0.05) is 12.1 Å². The van der Waals surface area contributed by atoms with Gasteiger partial charge in [-0.05, 0) is 46.3 Å². The largest absolute Gasteiger partial charge is 0.504 e. The van der Waals surface area contributed by atoms with E-state index in [2.05, 4.69) is 25.9 Å². The van der Waals surface area contributed by atoms with E-state index in [0.717, 1.165) is 0 Å². The van der Waals surface area contributed by atoms with Crippen LogP contribution in [0.3, 0.4) is 0 Å². The summed E-state index contributed by atoms with van der Waals surface area (Å²) < 4.78 is 10.5. The lowest BCUT2D eigenvalue weighted by atomic mass is 10.2. The fourth-order valence-electron chi connectivity index (χ4n) is 2.22. The van der Waals surface area contributed by atoms with Gasteiger partial charge in [-0.3, -0.25) is 4.79 Å². The summed E-state index contributed by atoms with van der Waals surface area (Å²) in [7, 11) is 1.47. The van der Waals surface area contributed by atoms with Crippen molar-refractivity contribution in [1.29, 1.82) is 0 Å². The van der Waals surface area contributed by atoms with Crippen molar-refractivity contribution in [2.75, 3.05) is 12.4 Å². The summed E-state index contributed by atoms with van der Waals surface area (Å²) in [5.41, 5.74) is 1.25. The molecule has 0 spiro atoms. The molecule has 0 bridgehead atoms. The first-order valence-electron chi connectivity index (χ1n) is 7.95. The Labute approximate surface area is 154 Å². The lowest BCUT2D eigenvalue weighted by molar-refractivity contribution is -0.111. The summed E-state index contributed by atoms with van der Waals surface area (Å²) in [5, 5.41) is 25.7. The molecule has 3 rings (SSSR count). The monoisotopic (exact) mass is 367 g/mol. The third-order valence-electron chi connectivity index (χ3n) is 3.50. The second-order valence-corrected chi connectivity index (χ2v) is 5.42. The SMILES string of the molecule is COc1ccc(C=CC(=O)Nc2cccc(OCc3nnn[nH]3)c2)cc1O. The van der Waals surface area contributed by atoms with Crippen LogP contribution in [-0.4, -0.2) is 38.7 Å². The Morgan fingerprint density at radius 1 is 1.30 bits per heavy atom. The molecule has 3 N–H and O–H groups in total. The summed E-state index contributed by atoms with van der Waals surface area (Å²) in [4.78, 5) is 12.1. The molecular weight excluding hydrogens is 350 g/mol. The Hall–Kier alpha value is -3.88. The first-order chi connectivity index (χ1) is 13.1. The molecule has 0 saturated carbocycles. The number of phenolic OH excluding ortho intramolecular Hbond substituents is 1. The molecule has 0 unspecified atom stereocenters. The number of benzene rings is 2. The molecule has 0 aliphatic heterocycles. The fraction of sp³-hybridized carbons (Fsp3) is 0.111. The van der Waals surface area contributed by atoms with Crippen LogP contribution in [0.25, 0.3) is 6.08 Å². The molecule has 0 aliphatic rings. The predicted molar refractivity (Wildman–Crippen MR) is 97.3 cm³/mol. The summed E-state index contributed by atoms with van der Waals surface area (Å²) in [6, 6.07) is 11.8. The third-order valence-corrected chi connectivity index (χ3v) is 3.50. The first-order valence-corrected chi connectivity index (χ1v) is 7.95. The number of anilines is 1. The van der Waals surface area contributed by atoms with Crippen LogP contribution in [0, 0.1) is 0 Å². The minimum Gasteiger partial charge on any atom is -0.504 e. The van der Waals surface area contributed by atoms with Crippen LogP contribution in [0.1, 0.15) is 11.4 Å². The first kappa shape index (κ1) is 17.9. The fourth-order valence-corrected chi connectivity index (χ4v) is 2.22. The van der Waals surface area contributed by atoms with Crippen LogP contribution in [0.4, 0.5) is 5.69 Å². The van der Waals surface area contributed by atoms with Gasteiger partial charge in [0.1, 0.15) is 12.4 Å². The number of ether oxygens (including phenoxy) is 2. The number of hydrogen-bond acceptors (Lipinski definition) is 7. The predicted octanol–water partition coefficient (Wildman–Crippen LogP) is 2.14. The van der Waals surface area contributed by atoms with Gasteiger partial charge in [0.15, 0.2) is 17.3 Å². The highest BCUT2D eigenvalue weighted by atomic mass is 16.5. The number of phenols is 1. The van der Waals surface area contributed by atoms with Gasteiger partial charge in [0.2, 0.25) is 5.91 Å². The van der Waals surface area contributed by atoms with E-state index in [-0.39, 0.29) is 18.3 Å². The van der Waals surface area contributed by atoms with Crippen molar-refractivity contribution in [3.63, 3.8) is 0 Å². The van der Waals surface area contributed by atoms with E-state index in [9.17, 15) is 9.90 Å². The highest BCUT2D eigenvalue weighted by molar-refractivity contribution is 6.02. The molecular formula is C18H17N5O4. The summed E-state index contributed by atoms with van der Waals surface area (Å²) >= 11 is 0. The van der Waals surface area contributed by atoms with Crippen molar-refractivity contribution in [2.24, 2.45) is 0 Å². The van der Waals surface area contributed by atoms with Crippen LogP contribution in [0.15, 0.2) is 48.5 Å². The minimum atomic E-state index is -0.318. The van der Waals surface area contributed by atoms with Gasteiger partial charge >= 0.3 is 0 Å². The molecule has 0 fully saturated rings. The van der Waals surface area contributed by atoms with Gasteiger partial charge in [0.25, 0.3) is 0 Å². The zero-order chi connectivity index (χ0) is 19.1. The highest BCUT2D eigenvalue weighted by Crippen LogP contribution is 2.26. The molecule has 0 atom stereocenters. The van der Waals surface area contributed by atoms with E-state index >= 15 is 0 Å². The number of methoxy groups -OCH3 is 1. The Balaban J connectivity index is 1.58. The van der Waals surface area contributed by atoms with Gasteiger partial charge in [0, 0.05) is 17.8 Å². The number of tetrazole rings is 1. The molecule has 138 valence electrons. The summed E-state index contributed by atoms with van der Waals surface area (Å²) in [6.07, 6.45) is 2.96. The molecule has 0 radical (unpaired) electrons. The molecule has 9 heteroatoms. The van der Waals surface area contributed by atoms with E-state index in [1.165, 1.54) is 19.3 Å². The minimum absolute atomic E-state index is 0.00636. The number of carbonyl (C=O) groups is 1. The van der Waals surface area contributed by atoms with Crippen molar-refractivity contribution in [3.8, 4) is 17.2 Å². The Bertz CT molecular complexity index is 941. The van der Waals surface area contributed by atoms with Crippen molar-refractivity contribution in [3.05, 3.63) is 59.9 Å². The molecule has 1 heterocycles. The van der Waals surface area contributed by atoms with E-state index in [1.807, 2.05) is 0 Å². The zero-order valence-electron chi connectivity index (χ0n) is 14.4. The topological polar surface area (TPSA) is 122 Å². The van der Waals surface area contributed by atoms with E-state index in [0.29, 0.717) is 28.6 Å². The smallest absolute Gasteiger partial charge is 0.248 e. The maximum Gasteiger partial charge on any atom is 0.248 e. The molecule has 1 amide bonds. The number of nitrogens with one attached hydrogen (secondary N) is 2. The number of H-pyrrole nitrogens is 1.